The maximum atomic E-state index is 12.6. The summed E-state index contributed by atoms with van der Waals surface area (Å²) in [4.78, 5) is 8.79. The Balaban J connectivity index is 1.95. The first-order valence-electron chi connectivity index (χ1n) is 8.95. The molecule has 0 saturated carbocycles. The van der Waals surface area contributed by atoms with Crippen molar-refractivity contribution in [3.63, 3.8) is 0 Å². The van der Waals surface area contributed by atoms with Crippen LogP contribution in [-0.2, 0) is 0 Å². The highest BCUT2D eigenvalue weighted by Crippen LogP contribution is 2.30. The van der Waals surface area contributed by atoms with Gasteiger partial charge in [0.05, 0.1) is 11.4 Å². The highest BCUT2D eigenvalue weighted by molar-refractivity contribution is 9.10. The van der Waals surface area contributed by atoms with Crippen LogP contribution in [0.15, 0.2) is 59.1 Å². The zero-order chi connectivity index (χ0) is 21.6. The number of para-hydroxylation sites is 1. The quantitative estimate of drug-likeness (QED) is 0.376. The van der Waals surface area contributed by atoms with Crippen LogP contribution in [0.2, 0.25) is 0 Å². The van der Waals surface area contributed by atoms with Crippen LogP contribution in [0, 0.1) is 0 Å². The molecule has 158 valence electrons. The molecular weight excluding hydrogens is 465 g/mol. The Morgan fingerprint density at radius 3 is 2.57 bits per heavy atom. The summed E-state index contributed by atoms with van der Waals surface area (Å²) >= 11 is 3.45. The SMILES string of the molecule is OCCCNc1nc(Nc2ccccc2Br)cc(-c2cccc(OC(F)(F)F)c2)n1. The maximum absolute atomic E-state index is 12.6. The van der Waals surface area contributed by atoms with E-state index in [1.807, 2.05) is 24.3 Å². The van der Waals surface area contributed by atoms with Gasteiger partial charge >= 0.3 is 6.36 Å². The second-order valence-corrected chi connectivity index (χ2v) is 7.00. The summed E-state index contributed by atoms with van der Waals surface area (Å²) in [6, 6.07) is 14.6. The van der Waals surface area contributed by atoms with E-state index >= 15 is 0 Å². The van der Waals surface area contributed by atoms with Crippen LogP contribution in [0.4, 0.5) is 30.6 Å². The number of anilines is 3. The summed E-state index contributed by atoms with van der Waals surface area (Å²) in [6.07, 6.45) is -4.29. The maximum Gasteiger partial charge on any atom is 0.573 e. The van der Waals surface area contributed by atoms with Crippen molar-refractivity contribution in [1.29, 1.82) is 0 Å². The molecule has 3 N–H and O–H groups in total. The molecular formula is C20H18BrF3N4O2. The van der Waals surface area contributed by atoms with E-state index < -0.39 is 6.36 Å². The van der Waals surface area contributed by atoms with Gasteiger partial charge in [-0.05, 0) is 46.6 Å². The van der Waals surface area contributed by atoms with E-state index in [-0.39, 0.29) is 18.3 Å². The second kappa shape index (κ2) is 9.77. The van der Waals surface area contributed by atoms with Crippen LogP contribution in [0.25, 0.3) is 11.3 Å². The Kier molecular flexibility index (Phi) is 7.11. The van der Waals surface area contributed by atoms with Gasteiger partial charge in [-0.1, -0.05) is 24.3 Å². The molecule has 0 unspecified atom stereocenters. The summed E-state index contributed by atoms with van der Waals surface area (Å²) in [5, 5.41) is 15.1. The number of rotatable bonds is 8. The van der Waals surface area contributed by atoms with Crippen LogP contribution >= 0.6 is 15.9 Å². The third-order valence-electron chi connectivity index (χ3n) is 3.84. The van der Waals surface area contributed by atoms with Gasteiger partial charge in [0, 0.05) is 29.3 Å². The number of aromatic nitrogens is 2. The first-order chi connectivity index (χ1) is 14.3. The second-order valence-electron chi connectivity index (χ2n) is 6.15. The predicted molar refractivity (Wildman–Crippen MR) is 112 cm³/mol. The first-order valence-corrected chi connectivity index (χ1v) is 9.75. The van der Waals surface area contributed by atoms with Crippen molar-refractivity contribution in [2.75, 3.05) is 23.8 Å². The van der Waals surface area contributed by atoms with Crippen LogP contribution in [-0.4, -0.2) is 34.6 Å². The molecule has 1 aromatic heterocycles. The highest BCUT2D eigenvalue weighted by atomic mass is 79.9. The van der Waals surface area contributed by atoms with Crippen molar-refractivity contribution in [2.24, 2.45) is 0 Å². The topological polar surface area (TPSA) is 79.3 Å². The fourth-order valence-corrected chi connectivity index (χ4v) is 2.95. The van der Waals surface area contributed by atoms with Gasteiger partial charge < -0.3 is 20.5 Å². The molecule has 0 fully saturated rings. The normalized spacial score (nSPS) is 11.2. The Labute approximate surface area is 179 Å². The van der Waals surface area contributed by atoms with E-state index in [0.29, 0.717) is 30.0 Å². The number of nitrogens with zero attached hydrogens (tertiary/aromatic N) is 2. The lowest BCUT2D eigenvalue weighted by Gasteiger charge is -2.13. The molecule has 0 amide bonds. The summed E-state index contributed by atoms with van der Waals surface area (Å²) < 4.78 is 42.5. The monoisotopic (exact) mass is 482 g/mol. The van der Waals surface area contributed by atoms with Gasteiger partial charge in [-0.3, -0.25) is 0 Å². The smallest absolute Gasteiger partial charge is 0.406 e. The van der Waals surface area contributed by atoms with E-state index in [4.69, 9.17) is 5.11 Å². The van der Waals surface area contributed by atoms with Crippen LogP contribution < -0.4 is 15.4 Å². The van der Waals surface area contributed by atoms with Crippen LogP contribution in [0.1, 0.15) is 6.42 Å². The number of aliphatic hydroxyl groups is 1. The predicted octanol–water partition coefficient (Wildman–Crippen LogP) is 5.34. The summed E-state index contributed by atoms with van der Waals surface area (Å²) in [5.74, 6) is 0.381. The van der Waals surface area contributed by atoms with E-state index in [9.17, 15) is 13.2 Å². The lowest BCUT2D eigenvalue weighted by molar-refractivity contribution is -0.274. The number of alkyl halides is 3. The number of ether oxygens (including phenoxy) is 1. The van der Waals surface area contributed by atoms with Gasteiger partial charge in [0.1, 0.15) is 11.6 Å². The molecule has 0 bridgehead atoms. The van der Waals surface area contributed by atoms with Crippen LogP contribution in [0.5, 0.6) is 5.75 Å². The molecule has 1 heterocycles. The standard InChI is InChI=1S/C20H18BrF3N4O2/c21-15-7-1-2-8-16(15)26-18-12-17(27-19(28-18)25-9-4-10-29)13-5-3-6-14(11-13)30-20(22,23)24/h1-3,5-8,11-12,29H,4,9-10H2,(H2,25,26,27,28). The fraction of sp³-hybridized carbons (Fsp3) is 0.200. The molecule has 0 aliphatic carbocycles. The third-order valence-corrected chi connectivity index (χ3v) is 4.54. The third kappa shape index (κ3) is 6.33. The van der Waals surface area contributed by atoms with Gasteiger partial charge in [-0.25, -0.2) is 4.98 Å². The average Bonchev–Trinajstić information content (AvgIpc) is 2.69. The summed E-state index contributed by atoms with van der Waals surface area (Å²) in [5.41, 5.74) is 1.59. The molecule has 0 radical (unpaired) electrons. The molecule has 10 heteroatoms. The minimum atomic E-state index is -4.78. The van der Waals surface area contributed by atoms with E-state index in [2.05, 4.69) is 41.3 Å². The van der Waals surface area contributed by atoms with E-state index in [1.54, 1.807) is 12.1 Å². The molecule has 0 aliphatic rings. The minimum Gasteiger partial charge on any atom is -0.406 e. The number of nitrogens with one attached hydrogen (secondary N) is 2. The van der Waals surface area contributed by atoms with Crippen LogP contribution in [0.3, 0.4) is 0 Å². The Bertz CT molecular complexity index is 1000. The van der Waals surface area contributed by atoms with Crippen molar-refractivity contribution in [2.45, 2.75) is 12.8 Å². The van der Waals surface area contributed by atoms with Gasteiger partial charge in [0.15, 0.2) is 0 Å². The number of hydrogen-bond donors (Lipinski definition) is 3. The van der Waals surface area contributed by atoms with Gasteiger partial charge in [-0.15, -0.1) is 13.2 Å². The summed E-state index contributed by atoms with van der Waals surface area (Å²) in [7, 11) is 0. The largest absolute Gasteiger partial charge is 0.573 e. The molecule has 2 aromatic carbocycles. The Morgan fingerprint density at radius 2 is 1.83 bits per heavy atom. The van der Waals surface area contributed by atoms with Crippen molar-refractivity contribution in [3.05, 3.63) is 59.1 Å². The van der Waals surface area contributed by atoms with E-state index in [1.165, 1.54) is 18.2 Å². The average molecular weight is 483 g/mol. The highest BCUT2D eigenvalue weighted by Gasteiger charge is 2.31. The number of halogens is 4. The van der Waals surface area contributed by atoms with E-state index in [0.717, 1.165) is 10.2 Å². The van der Waals surface area contributed by atoms with Gasteiger partial charge in [0.2, 0.25) is 5.95 Å². The fourth-order valence-electron chi connectivity index (χ4n) is 2.57. The molecule has 0 spiro atoms. The molecule has 6 nitrogen and oxygen atoms in total. The summed E-state index contributed by atoms with van der Waals surface area (Å²) in [6.45, 7) is 0.442. The van der Waals surface area contributed by atoms with Gasteiger partial charge in [-0.2, -0.15) is 4.98 Å². The number of benzene rings is 2. The Morgan fingerprint density at radius 1 is 1.03 bits per heavy atom. The molecule has 30 heavy (non-hydrogen) atoms. The van der Waals surface area contributed by atoms with Crippen molar-refractivity contribution >= 4 is 33.4 Å². The molecule has 0 atom stereocenters. The zero-order valence-electron chi connectivity index (χ0n) is 15.6. The zero-order valence-corrected chi connectivity index (χ0v) is 17.2. The lowest BCUT2D eigenvalue weighted by atomic mass is 10.1. The molecule has 0 aliphatic heterocycles. The Hall–Kier alpha value is -2.85. The molecule has 3 aromatic rings. The van der Waals surface area contributed by atoms with Crippen molar-refractivity contribution in [1.82, 2.24) is 9.97 Å². The molecule has 0 saturated heterocycles. The molecule has 3 rings (SSSR count). The first kappa shape index (κ1) is 21.8. The minimum absolute atomic E-state index is 0.00554. The van der Waals surface area contributed by atoms with Gasteiger partial charge in [0.25, 0.3) is 0 Å². The number of aliphatic hydroxyl groups excluding tert-OH is 1. The number of hydrogen-bond acceptors (Lipinski definition) is 6. The lowest BCUT2D eigenvalue weighted by Crippen LogP contribution is -2.17. The van der Waals surface area contributed by atoms with Crippen molar-refractivity contribution < 1.29 is 23.0 Å². The van der Waals surface area contributed by atoms with Crippen molar-refractivity contribution in [3.8, 4) is 17.0 Å².